The average molecular weight is 829 g/mol. The summed E-state index contributed by atoms with van der Waals surface area (Å²) in [5.41, 5.74) is -0.955. The van der Waals surface area contributed by atoms with Crippen LogP contribution < -0.4 is 9.13 Å². The van der Waals surface area contributed by atoms with Gasteiger partial charge in [0.15, 0.2) is 11.1 Å². The maximum atomic E-state index is 15.8. The van der Waals surface area contributed by atoms with E-state index in [1.165, 1.54) is 48.5 Å². The zero-order valence-electron chi connectivity index (χ0n) is 30.9. The molecule has 296 valence electrons. The van der Waals surface area contributed by atoms with Crippen LogP contribution in [0.2, 0.25) is 0 Å². The fraction of sp³-hybridized carbons (Fsp3) is 0.0455. The van der Waals surface area contributed by atoms with Crippen LogP contribution in [-0.2, 0) is 14.1 Å². The SMILES string of the molecule is C[n+]1ccc([C+]2c3ccc([nH]3)[C+](c3c(F)c(F)c(F)c(F)c3F)c3ccc([nH]3)[C+](c3cc[n+](C)cc3)c3ccc([nH]3)[C+](c3c(F)c(F)c(F)c(F)c3F)c3ccc2[nH]3)cc1. The predicted molar refractivity (Wildman–Crippen MR) is 193 cm³/mol. The molecule has 0 amide bonds. The summed E-state index contributed by atoms with van der Waals surface area (Å²) in [5.74, 6) is -21.8. The van der Waals surface area contributed by atoms with E-state index in [2.05, 4.69) is 19.9 Å². The summed E-state index contributed by atoms with van der Waals surface area (Å²) in [6.07, 6.45) is 6.76. The van der Waals surface area contributed by atoms with Crippen LogP contribution in [0.1, 0.15) is 67.8 Å². The van der Waals surface area contributed by atoms with Gasteiger partial charge in [-0.05, 0) is 0 Å². The fourth-order valence-electron chi connectivity index (χ4n) is 7.47. The summed E-state index contributed by atoms with van der Waals surface area (Å²) in [6, 6.07) is 18.2. The van der Waals surface area contributed by atoms with E-state index in [1.807, 2.05) is 0 Å². The first-order valence-corrected chi connectivity index (χ1v) is 17.9. The Morgan fingerprint density at radius 2 is 0.500 bits per heavy atom. The van der Waals surface area contributed by atoms with E-state index in [4.69, 9.17) is 0 Å². The van der Waals surface area contributed by atoms with Gasteiger partial charge >= 0.3 is 0 Å². The third kappa shape index (κ3) is 5.96. The van der Waals surface area contributed by atoms with Crippen molar-refractivity contribution in [1.82, 2.24) is 19.9 Å². The molecule has 60 heavy (non-hydrogen) atoms. The largest absolute Gasteiger partial charge is 0.327 e. The molecule has 0 fully saturated rings. The van der Waals surface area contributed by atoms with E-state index in [0.29, 0.717) is 23.0 Å². The molecule has 2 aromatic carbocycles. The van der Waals surface area contributed by atoms with Gasteiger partial charge < -0.3 is 19.9 Å². The summed E-state index contributed by atoms with van der Waals surface area (Å²) in [6.45, 7) is 0. The Morgan fingerprint density at radius 1 is 0.300 bits per heavy atom. The minimum absolute atomic E-state index is 0.0939. The zero-order chi connectivity index (χ0) is 42.3. The molecule has 7 heterocycles. The number of pyridine rings is 2. The molecule has 6 nitrogen and oxygen atoms in total. The van der Waals surface area contributed by atoms with E-state index in [9.17, 15) is 26.3 Å². The second-order valence-electron chi connectivity index (χ2n) is 14.0. The van der Waals surface area contributed by atoms with Crippen LogP contribution in [0.5, 0.6) is 0 Å². The number of nitrogens with one attached hydrogen (secondary N) is 4. The first kappa shape index (κ1) is 38.2. The van der Waals surface area contributed by atoms with Gasteiger partial charge in [0.25, 0.3) is 0 Å². The maximum Gasteiger partial charge on any atom is 0.239 e. The average Bonchev–Trinajstić information content (AvgIpc) is 4.09. The van der Waals surface area contributed by atoms with Crippen LogP contribution in [0.25, 0.3) is 0 Å². The van der Waals surface area contributed by atoms with E-state index in [0.717, 1.165) is 0 Å². The van der Waals surface area contributed by atoms with Crippen LogP contribution in [0, 0.1) is 81.8 Å². The Bertz CT molecular complexity index is 2600. The Morgan fingerprint density at radius 3 is 0.733 bits per heavy atom. The molecule has 1 aliphatic heterocycles. The molecule has 0 spiro atoms. The number of hydrogen-bond donors (Lipinski definition) is 4. The van der Waals surface area contributed by atoms with Crippen molar-refractivity contribution in [3.8, 4) is 0 Å². The van der Waals surface area contributed by atoms with Crippen molar-refractivity contribution >= 4 is 0 Å². The number of rotatable bonds is 4. The highest BCUT2D eigenvalue weighted by molar-refractivity contribution is 5.64. The lowest BCUT2D eigenvalue weighted by molar-refractivity contribution is -0.671. The van der Waals surface area contributed by atoms with Gasteiger partial charge in [-0.25, -0.2) is 0 Å². The molecule has 9 rings (SSSR count). The van der Waals surface area contributed by atoms with E-state index in [-0.39, 0.29) is 45.6 Å². The number of aryl methyl sites for hydroxylation is 2. The third-order valence-corrected chi connectivity index (χ3v) is 10.4. The Kier molecular flexibility index (Phi) is 9.02. The molecule has 0 saturated heterocycles. The molecule has 8 aromatic rings. The smallest absolute Gasteiger partial charge is 0.239 e. The first-order chi connectivity index (χ1) is 28.7. The lowest BCUT2D eigenvalue weighted by Crippen LogP contribution is -2.26. The van der Waals surface area contributed by atoms with Crippen LogP contribution in [-0.4, -0.2) is 19.9 Å². The molecule has 4 N–H and O–H groups in total. The molecule has 6 aromatic heterocycles. The van der Waals surface area contributed by atoms with Gasteiger partial charge in [0.2, 0.25) is 83.0 Å². The van der Waals surface area contributed by atoms with Crippen molar-refractivity contribution in [3.63, 3.8) is 0 Å². The highest BCUT2D eigenvalue weighted by atomic mass is 19.2. The number of aromatic nitrogens is 6. The highest BCUT2D eigenvalue weighted by Gasteiger charge is 2.45. The van der Waals surface area contributed by atoms with Gasteiger partial charge in [0, 0.05) is 0 Å². The minimum Gasteiger partial charge on any atom is -0.327 e. The molecular formula is C44H26F10N6+6. The predicted octanol–water partition coefficient (Wildman–Crippen LogP) is 8.43. The van der Waals surface area contributed by atoms with Crippen molar-refractivity contribution < 1.29 is 53.0 Å². The van der Waals surface area contributed by atoms with Crippen molar-refractivity contribution in [2.24, 2.45) is 14.1 Å². The molecular weight excluding hydrogens is 803 g/mol. The van der Waals surface area contributed by atoms with E-state index < -0.39 is 81.1 Å². The van der Waals surface area contributed by atoms with Gasteiger partial charge in [0.1, 0.15) is 83.3 Å². The Hall–Kier alpha value is -7.36. The van der Waals surface area contributed by atoms with Gasteiger partial charge in [-0.3, -0.25) is 0 Å². The topological polar surface area (TPSA) is 70.9 Å². The van der Waals surface area contributed by atoms with Crippen LogP contribution in [0.15, 0.2) is 97.6 Å². The molecule has 0 radical (unpaired) electrons. The monoisotopic (exact) mass is 828 g/mol. The maximum absolute atomic E-state index is 15.8. The van der Waals surface area contributed by atoms with Crippen LogP contribution in [0.4, 0.5) is 43.9 Å². The van der Waals surface area contributed by atoms with Gasteiger partial charge in [-0.2, -0.15) is 53.0 Å². The van der Waals surface area contributed by atoms with E-state index in [1.54, 1.807) is 72.3 Å². The lowest BCUT2D eigenvalue weighted by Gasteiger charge is -2.14. The molecule has 0 unspecified atom stereocenters. The summed E-state index contributed by atoms with van der Waals surface area (Å²) >= 11 is 0. The number of halogens is 10. The van der Waals surface area contributed by atoms with Crippen LogP contribution >= 0.6 is 0 Å². The molecule has 1 aliphatic rings. The molecule has 0 saturated carbocycles. The first-order valence-electron chi connectivity index (χ1n) is 17.9. The number of H-pyrrole nitrogens is 4. The third-order valence-electron chi connectivity index (χ3n) is 10.4. The standard InChI is InChI=1S/C44H26F10N6/c1-59-15-11-19(12-16-59)29-21-3-7-25(55-21)31(33-35(45)39(49)43(53)40(50)36(33)46)27-9-5-23(57-27)30(20-13-17-60(2)18-14-20)24-6-10-28(58-24)32(26-8-4-22(29)56-26)34-37(47)41(51)44(54)42(52)38(34)48/h3-18,55-58H,1-2H3/q+6. The van der Waals surface area contributed by atoms with Crippen molar-refractivity contribution in [3.05, 3.63) is 247 Å². The lowest BCUT2D eigenvalue weighted by atomic mass is 9.91. The molecule has 0 atom stereocenters. The number of benzene rings is 2. The van der Waals surface area contributed by atoms with Crippen LogP contribution in [0.3, 0.4) is 0 Å². The fourth-order valence-corrected chi connectivity index (χ4v) is 7.47. The minimum atomic E-state index is -2.34. The van der Waals surface area contributed by atoms with E-state index >= 15 is 17.6 Å². The summed E-state index contributed by atoms with van der Waals surface area (Å²) in [5, 5.41) is 0. The van der Waals surface area contributed by atoms with Crippen molar-refractivity contribution in [1.29, 1.82) is 0 Å². The Labute approximate surface area is 333 Å². The molecule has 16 heteroatoms. The van der Waals surface area contributed by atoms with Gasteiger partial charge in [-0.15, -0.1) is 0 Å². The quantitative estimate of drug-likeness (QED) is 0.0453. The molecule has 8 bridgehead atoms. The molecule has 0 aliphatic carbocycles. The normalized spacial score (nSPS) is 12.9. The van der Waals surface area contributed by atoms with Crippen molar-refractivity contribution in [2.75, 3.05) is 0 Å². The number of nitrogens with zero attached hydrogens (tertiary/aromatic N) is 2. The summed E-state index contributed by atoms with van der Waals surface area (Å²) < 4.78 is 155. The highest BCUT2D eigenvalue weighted by Crippen LogP contribution is 2.43. The van der Waals surface area contributed by atoms with Crippen molar-refractivity contribution in [2.45, 2.75) is 0 Å². The number of hydrogen-bond acceptors (Lipinski definition) is 0. The zero-order valence-corrected chi connectivity index (χ0v) is 30.9. The number of aromatic amines is 4. The second kappa shape index (κ2) is 14.2. The summed E-state index contributed by atoms with van der Waals surface area (Å²) in [7, 11) is 3.50. The second-order valence-corrected chi connectivity index (χ2v) is 14.0. The van der Waals surface area contributed by atoms with Gasteiger partial charge in [-0.1, -0.05) is 0 Å². The number of fused-ring (bicyclic) bond motifs is 8. The Balaban J connectivity index is 1.35. The summed E-state index contributed by atoms with van der Waals surface area (Å²) in [4.78, 5) is 12.3. The van der Waals surface area contributed by atoms with Gasteiger partial charge in [0.05, 0.1) is 83.9 Å².